The SMILES string of the molecule is C[C@@H]1C2CN(c3nc(Nc4cnn(C5COC5)c4)ncc3F)CC21NC(=O)[C@@H]1CC1(F)F. The van der Waals surface area contributed by atoms with E-state index in [0.29, 0.717) is 32.0 Å². The van der Waals surface area contributed by atoms with Crippen molar-refractivity contribution in [2.45, 2.75) is 30.8 Å². The van der Waals surface area contributed by atoms with E-state index in [1.807, 2.05) is 13.1 Å². The smallest absolute Gasteiger partial charge is 0.260 e. The fraction of sp³-hybridized carbons (Fsp3) is 0.600. The van der Waals surface area contributed by atoms with Gasteiger partial charge in [0.2, 0.25) is 11.9 Å². The average molecular weight is 449 g/mol. The zero-order valence-corrected chi connectivity index (χ0v) is 17.3. The van der Waals surface area contributed by atoms with Gasteiger partial charge in [-0.05, 0) is 5.92 Å². The van der Waals surface area contributed by atoms with Crippen molar-refractivity contribution in [2.24, 2.45) is 17.8 Å². The fourth-order valence-electron chi connectivity index (χ4n) is 4.90. The van der Waals surface area contributed by atoms with E-state index in [0.717, 1.165) is 6.20 Å². The van der Waals surface area contributed by atoms with Crippen LogP contribution in [0.4, 0.5) is 30.6 Å². The van der Waals surface area contributed by atoms with Crippen LogP contribution in [0, 0.1) is 23.6 Å². The number of hydrogen-bond acceptors (Lipinski definition) is 7. The highest BCUT2D eigenvalue weighted by molar-refractivity contribution is 5.84. The molecule has 4 atom stereocenters. The number of nitrogens with one attached hydrogen (secondary N) is 2. The Morgan fingerprint density at radius 1 is 1.31 bits per heavy atom. The highest BCUT2D eigenvalue weighted by Gasteiger charge is 2.70. The van der Waals surface area contributed by atoms with Crippen LogP contribution in [0.3, 0.4) is 0 Å². The number of nitrogens with zero attached hydrogens (tertiary/aromatic N) is 5. The summed E-state index contributed by atoms with van der Waals surface area (Å²) in [7, 11) is 0. The summed E-state index contributed by atoms with van der Waals surface area (Å²) in [4.78, 5) is 22.4. The minimum absolute atomic E-state index is 0.0625. The van der Waals surface area contributed by atoms with Gasteiger partial charge in [0.1, 0.15) is 5.92 Å². The molecule has 6 rings (SSSR count). The maximum atomic E-state index is 14.6. The van der Waals surface area contributed by atoms with E-state index >= 15 is 0 Å². The van der Waals surface area contributed by atoms with Crippen LogP contribution < -0.4 is 15.5 Å². The molecule has 0 radical (unpaired) electrons. The van der Waals surface area contributed by atoms with Gasteiger partial charge in [-0.3, -0.25) is 9.48 Å². The molecule has 2 aromatic heterocycles. The number of hydrogen-bond donors (Lipinski definition) is 2. The van der Waals surface area contributed by atoms with E-state index in [1.165, 1.54) is 0 Å². The molecule has 32 heavy (non-hydrogen) atoms. The van der Waals surface area contributed by atoms with Crippen LogP contribution in [-0.4, -0.2) is 63.4 Å². The standard InChI is InChI=1S/C20H22F3N7O2/c1-10-14-6-29(9-19(10,14)28-17(31)13-2-20(13,22)23)16-15(21)4-24-18(27-16)26-11-3-25-30(5-11)12-7-32-8-12/h3-5,10,12-14H,2,6-9H2,1H3,(H,28,31)(H,24,26,27)/t10-,13+,14?,19?/m1/s1. The summed E-state index contributed by atoms with van der Waals surface area (Å²) in [5, 5.41) is 10.1. The summed E-state index contributed by atoms with van der Waals surface area (Å²) >= 11 is 0. The molecular weight excluding hydrogens is 427 g/mol. The first-order valence-electron chi connectivity index (χ1n) is 10.6. The Kier molecular flexibility index (Phi) is 4.05. The summed E-state index contributed by atoms with van der Waals surface area (Å²) in [6, 6.07) is 0.204. The van der Waals surface area contributed by atoms with Crippen molar-refractivity contribution in [3.8, 4) is 0 Å². The van der Waals surface area contributed by atoms with Crippen molar-refractivity contribution in [1.29, 1.82) is 0 Å². The van der Waals surface area contributed by atoms with E-state index in [4.69, 9.17) is 4.74 Å². The highest BCUT2D eigenvalue weighted by atomic mass is 19.3. The molecule has 2 aliphatic heterocycles. The lowest BCUT2D eigenvalue weighted by molar-refractivity contribution is -0.125. The van der Waals surface area contributed by atoms with Crippen molar-refractivity contribution in [3.63, 3.8) is 0 Å². The maximum absolute atomic E-state index is 14.6. The number of halogens is 3. The molecule has 2 N–H and O–H groups in total. The van der Waals surface area contributed by atoms with E-state index in [-0.39, 0.29) is 29.6 Å². The lowest BCUT2D eigenvalue weighted by Gasteiger charge is -2.25. The lowest BCUT2D eigenvalue weighted by Crippen LogP contribution is -2.45. The monoisotopic (exact) mass is 449 g/mol. The van der Waals surface area contributed by atoms with Crippen LogP contribution in [0.15, 0.2) is 18.6 Å². The molecule has 0 spiro atoms. The molecule has 1 amide bonds. The van der Waals surface area contributed by atoms with E-state index in [9.17, 15) is 18.0 Å². The molecule has 2 aliphatic carbocycles. The van der Waals surface area contributed by atoms with Crippen molar-refractivity contribution in [2.75, 3.05) is 36.5 Å². The van der Waals surface area contributed by atoms with Gasteiger partial charge in [-0.1, -0.05) is 6.92 Å². The summed E-state index contributed by atoms with van der Waals surface area (Å²) < 4.78 is 48.1. The zero-order valence-electron chi connectivity index (χ0n) is 17.3. The number of rotatable bonds is 6. The molecule has 2 unspecified atom stereocenters. The van der Waals surface area contributed by atoms with Crippen molar-refractivity contribution in [3.05, 3.63) is 24.4 Å². The number of fused-ring (bicyclic) bond motifs is 1. The van der Waals surface area contributed by atoms with Crippen LogP contribution in [0.5, 0.6) is 0 Å². The van der Waals surface area contributed by atoms with Crippen LogP contribution >= 0.6 is 0 Å². The summed E-state index contributed by atoms with van der Waals surface area (Å²) in [5.41, 5.74) is 0.0497. The van der Waals surface area contributed by atoms with Gasteiger partial charge in [-0.2, -0.15) is 10.1 Å². The van der Waals surface area contributed by atoms with Crippen LogP contribution in [0.1, 0.15) is 19.4 Å². The van der Waals surface area contributed by atoms with E-state index < -0.39 is 35.5 Å². The Morgan fingerprint density at radius 2 is 2.09 bits per heavy atom. The van der Waals surface area contributed by atoms with Gasteiger partial charge in [0.25, 0.3) is 5.92 Å². The first-order chi connectivity index (χ1) is 15.3. The number of anilines is 3. The number of aromatic nitrogens is 4. The minimum Gasteiger partial charge on any atom is -0.377 e. The normalized spacial score (nSPS) is 32.2. The van der Waals surface area contributed by atoms with Gasteiger partial charge in [0.05, 0.1) is 42.9 Å². The second-order valence-electron chi connectivity index (χ2n) is 9.21. The van der Waals surface area contributed by atoms with Gasteiger partial charge in [0.15, 0.2) is 11.6 Å². The zero-order chi connectivity index (χ0) is 22.3. The number of carbonyl (C=O) groups excluding carboxylic acids is 1. The van der Waals surface area contributed by atoms with Gasteiger partial charge in [-0.25, -0.2) is 18.2 Å². The number of piperidine rings is 1. The van der Waals surface area contributed by atoms with Crippen LogP contribution in [0.25, 0.3) is 0 Å². The number of carbonyl (C=O) groups is 1. The molecule has 9 nitrogen and oxygen atoms in total. The molecule has 170 valence electrons. The second kappa shape index (κ2) is 6.56. The van der Waals surface area contributed by atoms with Crippen molar-refractivity contribution >= 4 is 23.4 Å². The molecule has 2 aromatic rings. The van der Waals surface area contributed by atoms with Crippen molar-refractivity contribution in [1.82, 2.24) is 25.1 Å². The summed E-state index contributed by atoms with van der Waals surface area (Å²) in [6.07, 6.45) is 4.13. The number of amides is 1. The van der Waals surface area contributed by atoms with Crippen LogP contribution in [-0.2, 0) is 9.53 Å². The highest BCUT2D eigenvalue weighted by Crippen LogP contribution is 2.57. The summed E-state index contributed by atoms with van der Waals surface area (Å²) in [5.74, 6) is -4.83. The average Bonchev–Trinajstić information content (AvgIpc) is 3.27. The molecule has 0 bridgehead atoms. The molecule has 12 heteroatoms. The Balaban J connectivity index is 1.16. The molecular formula is C20H22F3N7O2. The third-order valence-electron chi connectivity index (χ3n) is 7.21. The third kappa shape index (κ3) is 3.03. The molecule has 2 saturated heterocycles. The fourth-order valence-corrected chi connectivity index (χ4v) is 4.90. The first kappa shape index (κ1) is 19.8. The summed E-state index contributed by atoms with van der Waals surface area (Å²) in [6.45, 7) is 4.00. The molecule has 2 saturated carbocycles. The number of ether oxygens (including phenoxy) is 1. The van der Waals surface area contributed by atoms with Gasteiger partial charge in [0, 0.05) is 31.6 Å². The van der Waals surface area contributed by atoms with Crippen LogP contribution in [0.2, 0.25) is 0 Å². The predicted molar refractivity (Wildman–Crippen MR) is 106 cm³/mol. The van der Waals surface area contributed by atoms with E-state index in [1.54, 1.807) is 15.8 Å². The third-order valence-corrected chi connectivity index (χ3v) is 7.21. The minimum atomic E-state index is -2.91. The quantitative estimate of drug-likeness (QED) is 0.693. The Hall–Kier alpha value is -2.89. The second-order valence-corrected chi connectivity index (χ2v) is 9.21. The Morgan fingerprint density at radius 3 is 2.78 bits per heavy atom. The van der Waals surface area contributed by atoms with E-state index in [2.05, 4.69) is 25.7 Å². The van der Waals surface area contributed by atoms with Gasteiger partial charge >= 0.3 is 0 Å². The maximum Gasteiger partial charge on any atom is 0.260 e. The van der Waals surface area contributed by atoms with Gasteiger partial charge < -0.3 is 20.3 Å². The van der Waals surface area contributed by atoms with Gasteiger partial charge in [-0.15, -0.1) is 0 Å². The Labute approximate surface area is 181 Å². The number of alkyl halides is 2. The molecule has 4 heterocycles. The molecule has 4 fully saturated rings. The molecule has 4 aliphatic rings. The largest absolute Gasteiger partial charge is 0.377 e. The molecule has 0 aromatic carbocycles. The topological polar surface area (TPSA) is 97.2 Å². The van der Waals surface area contributed by atoms with Crippen molar-refractivity contribution < 1.29 is 22.7 Å². The lowest BCUT2D eigenvalue weighted by atomic mass is 10.2. The Bertz CT molecular complexity index is 1090. The predicted octanol–water partition coefficient (Wildman–Crippen LogP) is 1.72. The first-order valence-corrected chi connectivity index (χ1v) is 10.6.